The van der Waals surface area contributed by atoms with Crippen LogP contribution >= 0.6 is 0 Å². The molecule has 2 aliphatic rings. The van der Waals surface area contributed by atoms with Crippen molar-refractivity contribution in [2.45, 2.75) is 88.8 Å². The molecule has 3 rings (SSSR count). The maximum Gasteiger partial charge on any atom is 0.154 e. The molecule has 6 heteroatoms. The number of nitrogens with two attached hydrogens (primary N) is 1. The second kappa shape index (κ2) is 8.41. The van der Waals surface area contributed by atoms with Gasteiger partial charge in [-0.25, -0.2) is 9.67 Å². The Bertz CT molecular complexity index is 513. The fraction of sp³-hybridized carbons (Fsp3) is 0.889. The average Bonchev–Trinajstić information content (AvgIpc) is 3.23. The Morgan fingerprint density at radius 1 is 1.21 bits per heavy atom. The van der Waals surface area contributed by atoms with Gasteiger partial charge in [-0.3, -0.25) is 0 Å². The molecule has 0 unspecified atom stereocenters. The summed E-state index contributed by atoms with van der Waals surface area (Å²) in [7, 11) is 0. The second-order valence-electron chi connectivity index (χ2n) is 7.34. The van der Waals surface area contributed by atoms with E-state index >= 15 is 0 Å². The molecule has 24 heavy (non-hydrogen) atoms. The van der Waals surface area contributed by atoms with E-state index in [4.69, 9.17) is 20.6 Å². The van der Waals surface area contributed by atoms with Gasteiger partial charge in [0.1, 0.15) is 5.82 Å². The molecule has 2 saturated carbocycles. The highest BCUT2D eigenvalue weighted by Crippen LogP contribution is 2.36. The quantitative estimate of drug-likeness (QED) is 0.798. The number of hydrogen-bond acceptors (Lipinski definition) is 5. The monoisotopic (exact) mass is 336 g/mol. The van der Waals surface area contributed by atoms with Gasteiger partial charge in [0.15, 0.2) is 5.82 Å². The van der Waals surface area contributed by atoms with E-state index in [1.165, 1.54) is 25.7 Å². The SMILES string of the molecule is CCCO[C@@H]1CC[C@H](c2nc(C3CCCC3)nn2CCO)C[C@H]1N. The van der Waals surface area contributed by atoms with Crippen LogP contribution in [0.15, 0.2) is 0 Å². The van der Waals surface area contributed by atoms with Gasteiger partial charge in [0.2, 0.25) is 0 Å². The van der Waals surface area contributed by atoms with Crippen LogP contribution in [-0.4, -0.2) is 45.2 Å². The first-order valence-corrected chi connectivity index (χ1v) is 9.65. The molecular weight excluding hydrogens is 304 g/mol. The molecule has 1 aromatic heterocycles. The van der Waals surface area contributed by atoms with E-state index in [0.29, 0.717) is 18.4 Å². The van der Waals surface area contributed by atoms with Crippen LogP contribution in [-0.2, 0) is 11.3 Å². The van der Waals surface area contributed by atoms with Gasteiger partial charge in [-0.15, -0.1) is 0 Å². The molecule has 0 radical (unpaired) electrons. The van der Waals surface area contributed by atoms with Crippen LogP contribution in [0.4, 0.5) is 0 Å². The Labute approximate surface area is 144 Å². The van der Waals surface area contributed by atoms with Crippen molar-refractivity contribution in [3.63, 3.8) is 0 Å². The van der Waals surface area contributed by atoms with Crippen molar-refractivity contribution in [3.8, 4) is 0 Å². The van der Waals surface area contributed by atoms with Gasteiger partial charge >= 0.3 is 0 Å². The second-order valence-corrected chi connectivity index (χ2v) is 7.34. The lowest BCUT2D eigenvalue weighted by Crippen LogP contribution is -2.42. The first kappa shape index (κ1) is 17.8. The molecule has 136 valence electrons. The lowest BCUT2D eigenvalue weighted by molar-refractivity contribution is 0.0106. The summed E-state index contributed by atoms with van der Waals surface area (Å²) < 4.78 is 7.81. The normalized spacial score (nSPS) is 28.5. The fourth-order valence-electron chi connectivity index (χ4n) is 4.18. The lowest BCUT2D eigenvalue weighted by Gasteiger charge is -2.33. The van der Waals surface area contributed by atoms with Crippen molar-refractivity contribution >= 4 is 0 Å². The predicted molar refractivity (Wildman–Crippen MR) is 92.9 cm³/mol. The lowest BCUT2D eigenvalue weighted by atomic mass is 9.83. The highest BCUT2D eigenvalue weighted by atomic mass is 16.5. The zero-order valence-corrected chi connectivity index (χ0v) is 14.9. The highest BCUT2D eigenvalue weighted by molar-refractivity contribution is 5.08. The van der Waals surface area contributed by atoms with Gasteiger partial charge in [-0.1, -0.05) is 19.8 Å². The molecule has 2 aliphatic carbocycles. The van der Waals surface area contributed by atoms with E-state index < -0.39 is 0 Å². The van der Waals surface area contributed by atoms with Crippen LogP contribution in [0.3, 0.4) is 0 Å². The number of aliphatic hydroxyl groups excluding tert-OH is 1. The topological polar surface area (TPSA) is 86.2 Å². The Balaban J connectivity index is 1.71. The number of ether oxygens (including phenoxy) is 1. The molecule has 2 fully saturated rings. The van der Waals surface area contributed by atoms with Gasteiger partial charge < -0.3 is 15.6 Å². The number of rotatable bonds is 7. The van der Waals surface area contributed by atoms with E-state index in [2.05, 4.69) is 6.92 Å². The number of hydrogen-bond donors (Lipinski definition) is 2. The van der Waals surface area contributed by atoms with Crippen LogP contribution in [0, 0.1) is 0 Å². The highest BCUT2D eigenvalue weighted by Gasteiger charge is 2.33. The molecule has 3 N–H and O–H groups in total. The zero-order valence-electron chi connectivity index (χ0n) is 14.9. The summed E-state index contributed by atoms with van der Waals surface area (Å²) in [6.07, 6.45) is 9.06. The Hall–Kier alpha value is -0.980. The van der Waals surface area contributed by atoms with Gasteiger partial charge in [-0.2, -0.15) is 5.10 Å². The minimum atomic E-state index is 0.0597. The van der Waals surface area contributed by atoms with Gasteiger partial charge in [0.05, 0.1) is 19.3 Å². The average molecular weight is 336 g/mol. The minimum absolute atomic E-state index is 0.0597. The molecule has 0 amide bonds. The summed E-state index contributed by atoms with van der Waals surface area (Å²) in [5.74, 6) is 2.83. The summed E-state index contributed by atoms with van der Waals surface area (Å²) in [4.78, 5) is 4.90. The number of nitrogens with zero attached hydrogens (tertiary/aromatic N) is 3. The summed E-state index contributed by atoms with van der Waals surface area (Å²) in [5.41, 5.74) is 6.37. The van der Waals surface area contributed by atoms with Crippen molar-refractivity contribution in [1.29, 1.82) is 0 Å². The van der Waals surface area contributed by atoms with E-state index in [0.717, 1.165) is 43.9 Å². The van der Waals surface area contributed by atoms with Crippen molar-refractivity contribution in [2.24, 2.45) is 5.73 Å². The first-order chi connectivity index (χ1) is 11.7. The minimum Gasteiger partial charge on any atom is -0.394 e. The number of aromatic nitrogens is 3. The molecule has 0 aromatic carbocycles. The van der Waals surface area contributed by atoms with E-state index in [1.807, 2.05) is 4.68 Å². The van der Waals surface area contributed by atoms with Crippen LogP contribution in [0.1, 0.15) is 81.8 Å². The van der Waals surface area contributed by atoms with Crippen LogP contribution in [0.25, 0.3) is 0 Å². The third kappa shape index (κ3) is 3.98. The van der Waals surface area contributed by atoms with Crippen molar-refractivity contribution in [1.82, 2.24) is 14.8 Å². The van der Waals surface area contributed by atoms with Gasteiger partial charge in [0.25, 0.3) is 0 Å². The van der Waals surface area contributed by atoms with Crippen LogP contribution in [0.2, 0.25) is 0 Å². The third-order valence-electron chi connectivity index (χ3n) is 5.48. The van der Waals surface area contributed by atoms with E-state index in [-0.39, 0.29) is 18.8 Å². The zero-order chi connectivity index (χ0) is 16.9. The summed E-state index contributed by atoms with van der Waals surface area (Å²) in [5, 5.41) is 14.1. The predicted octanol–water partition coefficient (Wildman–Crippen LogP) is 2.32. The maximum atomic E-state index is 9.37. The van der Waals surface area contributed by atoms with Crippen LogP contribution in [0.5, 0.6) is 0 Å². The smallest absolute Gasteiger partial charge is 0.154 e. The Morgan fingerprint density at radius 2 is 2.00 bits per heavy atom. The maximum absolute atomic E-state index is 9.37. The van der Waals surface area contributed by atoms with Crippen molar-refractivity contribution in [2.75, 3.05) is 13.2 Å². The molecule has 1 aromatic rings. The summed E-state index contributed by atoms with van der Waals surface area (Å²) in [6.45, 7) is 3.53. The molecule has 0 saturated heterocycles. The van der Waals surface area contributed by atoms with E-state index in [9.17, 15) is 5.11 Å². The standard InChI is InChI=1S/C18H32N4O2/c1-2-11-24-16-8-7-14(12-15(16)19)18-20-17(13-5-3-4-6-13)21-22(18)9-10-23/h13-16,23H,2-12,19H2,1H3/t14-,15+,16+/m0/s1. The first-order valence-electron chi connectivity index (χ1n) is 9.65. The van der Waals surface area contributed by atoms with Gasteiger partial charge in [-0.05, 0) is 38.5 Å². The van der Waals surface area contributed by atoms with E-state index in [1.54, 1.807) is 0 Å². The molecule has 3 atom stereocenters. The third-order valence-corrected chi connectivity index (χ3v) is 5.48. The van der Waals surface area contributed by atoms with Crippen LogP contribution < -0.4 is 5.73 Å². The molecule has 6 nitrogen and oxygen atoms in total. The molecule has 1 heterocycles. The molecule has 0 bridgehead atoms. The van der Waals surface area contributed by atoms with Crippen molar-refractivity contribution < 1.29 is 9.84 Å². The number of aliphatic hydroxyl groups is 1. The summed E-state index contributed by atoms with van der Waals surface area (Å²) in [6, 6.07) is 0.0597. The Morgan fingerprint density at radius 3 is 2.67 bits per heavy atom. The van der Waals surface area contributed by atoms with Crippen molar-refractivity contribution in [3.05, 3.63) is 11.6 Å². The molecule has 0 aliphatic heterocycles. The largest absolute Gasteiger partial charge is 0.394 e. The molecule has 0 spiro atoms. The fourth-order valence-corrected chi connectivity index (χ4v) is 4.18. The van der Waals surface area contributed by atoms with Gasteiger partial charge in [0, 0.05) is 24.5 Å². The summed E-state index contributed by atoms with van der Waals surface area (Å²) >= 11 is 0. The Kier molecular flexibility index (Phi) is 6.25. The molecular formula is C18H32N4O2.